The minimum Gasteiger partial charge on any atom is -0.314 e. The van der Waals surface area contributed by atoms with E-state index in [1.807, 2.05) is 11.3 Å². The molecule has 1 unspecified atom stereocenters. The maximum Gasteiger partial charge on any atom is 0.00680 e. The molecule has 0 saturated carbocycles. The van der Waals surface area contributed by atoms with E-state index in [9.17, 15) is 0 Å². The van der Waals surface area contributed by atoms with Gasteiger partial charge >= 0.3 is 0 Å². The maximum atomic E-state index is 3.69. The Bertz CT molecular complexity index is 302. The van der Waals surface area contributed by atoms with E-state index in [4.69, 9.17) is 0 Å². The molecule has 0 bridgehead atoms. The Balaban J connectivity index is 1.65. The Labute approximate surface area is 109 Å². The van der Waals surface area contributed by atoms with Crippen LogP contribution in [0.15, 0.2) is 17.5 Å². The molecule has 0 amide bonds. The Hall–Kier alpha value is -0.380. The fraction of sp³-hybridized carbons (Fsp3) is 0.714. The molecule has 1 aliphatic heterocycles. The third-order valence-electron chi connectivity index (χ3n) is 3.89. The van der Waals surface area contributed by atoms with E-state index < -0.39 is 0 Å². The molecular formula is C14H24N2S. The van der Waals surface area contributed by atoms with Gasteiger partial charge in [-0.05, 0) is 63.7 Å². The molecule has 2 heterocycles. The van der Waals surface area contributed by atoms with Crippen LogP contribution < -0.4 is 5.32 Å². The summed E-state index contributed by atoms with van der Waals surface area (Å²) in [6, 6.07) is 5.04. The standard InChI is InChI=1S/C14H24N2S/c1-12(13-6-9-16(2)10-7-13)15-8-5-14-4-3-11-17-14/h3-4,11-13,15H,5-10H2,1-2H3. The van der Waals surface area contributed by atoms with Crippen molar-refractivity contribution in [3.63, 3.8) is 0 Å². The summed E-state index contributed by atoms with van der Waals surface area (Å²) < 4.78 is 0. The molecule has 3 heteroatoms. The molecule has 1 atom stereocenters. The van der Waals surface area contributed by atoms with Gasteiger partial charge in [-0.1, -0.05) is 6.07 Å². The molecule has 1 aromatic rings. The minimum atomic E-state index is 0.670. The van der Waals surface area contributed by atoms with Crippen molar-refractivity contribution < 1.29 is 0 Å². The van der Waals surface area contributed by atoms with Crippen LogP contribution in [0.4, 0.5) is 0 Å². The summed E-state index contributed by atoms with van der Waals surface area (Å²) in [5.74, 6) is 0.870. The van der Waals surface area contributed by atoms with E-state index in [0.717, 1.165) is 12.5 Å². The SMILES string of the molecule is CC(NCCc1cccs1)C1CCN(C)CC1. The number of hydrogen-bond donors (Lipinski definition) is 1. The smallest absolute Gasteiger partial charge is 0.00680 e. The molecule has 1 aliphatic rings. The van der Waals surface area contributed by atoms with E-state index in [2.05, 4.69) is 41.7 Å². The number of hydrogen-bond acceptors (Lipinski definition) is 3. The van der Waals surface area contributed by atoms with Crippen LogP contribution in [0, 0.1) is 5.92 Å². The first-order valence-electron chi connectivity index (χ1n) is 6.70. The van der Waals surface area contributed by atoms with Gasteiger partial charge in [-0.2, -0.15) is 0 Å². The number of piperidine rings is 1. The summed E-state index contributed by atoms with van der Waals surface area (Å²) in [6.07, 6.45) is 3.88. The average molecular weight is 252 g/mol. The fourth-order valence-corrected chi connectivity index (χ4v) is 3.28. The van der Waals surface area contributed by atoms with E-state index in [-0.39, 0.29) is 0 Å². The quantitative estimate of drug-likeness (QED) is 0.866. The number of rotatable bonds is 5. The topological polar surface area (TPSA) is 15.3 Å². The van der Waals surface area contributed by atoms with Crippen molar-refractivity contribution in [1.29, 1.82) is 0 Å². The molecule has 2 nitrogen and oxygen atoms in total. The van der Waals surface area contributed by atoms with Gasteiger partial charge in [0.1, 0.15) is 0 Å². The number of likely N-dealkylation sites (tertiary alicyclic amines) is 1. The summed E-state index contributed by atoms with van der Waals surface area (Å²) in [5.41, 5.74) is 0. The average Bonchev–Trinajstić information content (AvgIpc) is 2.83. The second kappa shape index (κ2) is 6.53. The maximum absolute atomic E-state index is 3.69. The number of nitrogens with zero attached hydrogens (tertiary/aromatic N) is 1. The molecule has 0 aliphatic carbocycles. The second-order valence-electron chi connectivity index (χ2n) is 5.21. The Kier molecular flexibility index (Phi) is 5.01. The third-order valence-corrected chi connectivity index (χ3v) is 4.82. The fourth-order valence-electron chi connectivity index (χ4n) is 2.57. The number of thiophene rings is 1. The first-order valence-corrected chi connectivity index (χ1v) is 7.58. The van der Waals surface area contributed by atoms with Gasteiger partial charge < -0.3 is 10.2 Å². The summed E-state index contributed by atoms with van der Waals surface area (Å²) in [7, 11) is 2.23. The lowest BCUT2D eigenvalue weighted by molar-refractivity contribution is 0.190. The van der Waals surface area contributed by atoms with Crippen LogP contribution in [0.5, 0.6) is 0 Å². The highest BCUT2D eigenvalue weighted by Gasteiger charge is 2.21. The first kappa shape index (κ1) is 13.1. The largest absolute Gasteiger partial charge is 0.314 e. The monoisotopic (exact) mass is 252 g/mol. The van der Waals surface area contributed by atoms with Gasteiger partial charge in [0.15, 0.2) is 0 Å². The van der Waals surface area contributed by atoms with Crippen molar-refractivity contribution in [3.8, 4) is 0 Å². The van der Waals surface area contributed by atoms with Crippen LogP contribution in [0.2, 0.25) is 0 Å². The van der Waals surface area contributed by atoms with Gasteiger partial charge in [-0.15, -0.1) is 11.3 Å². The lowest BCUT2D eigenvalue weighted by Crippen LogP contribution is -2.41. The Morgan fingerprint density at radius 3 is 2.88 bits per heavy atom. The summed E-state index contributed by atoms with van der Waals surface area (Å²) in [4.78, 5) is 3.93. The molecule has 1 aromatic heterocycles. The highest BCUT2D eigenvalue weighted by atomic mass is 32.1. The molecule has 17 heavy (non-hydrogen) atoms. The zero-order valence-corrected chi connectivity index (χ0v) is 11.8. The molecule has 1 fully saturated rings. The van der Waals surface area contributed by atoms with E-state index >= 15 is 0 Å². The van der Waals surface area contributed by atoms with Crippen LogP contribution >= 0.6 is 11.3 Å². The van der Waals surface area contributed by atoms with Crippen molar-refractivity contribution in [2.45, 2.75) is 32.2 Å². The van der Waals surface area contributed by atoms with E-state index in [1.54, 1.807) is 0 Å². The zero-order chi connectivity index (χ0) is 12.1. The molecule has 0 radical (unpaired) electrons. The molecule has 96 valence electrons. The van der Waals surface area contributed by atoms with Crippen molar-refractivity contribution in [1.82, 2.24) is 10.2 Å². The van der Waals surface area contributed by atoms with Crippen molar-refractivity contribution in [2.75, 3.05) is 26.7 Å². The minimum absolute atomic E-state index is 0.670. The van der Waals surface area contributed by atoms with Crippen LogP contribution in [0.1, 0.15) is 24.6 Å². The van der Waals surface area contributed by atoms with Crippen LogP contribution in [-0.2, 0) is 6.42 Å². The first-order chi connectivity index (χ1) is 8.25. The predicted molar refractivity (Wildman–Crippen MR) is 75.7 cm³/mol. The zero-order valence-electron chi connectivity index (χ0n) is 11.0. The predicted octanol–water partition coefficient (Wildman–Crippen LogP) is 2.61. The van der Waals surface area contributed by atoms with Crippen molar-refractivity contribution in [3.05, 3.63) is 22.4 Å². The summed E-state index contributed by atoms with van der Waals surface area (Å²) >= 11 is 1.86. The van der Waals surface area contributed by atoms with Gasteiger partial charge in [0.25, 0.3) is 0 Å². The van der Waals surface area contributed by atoms with Crippen molar-refractivity contribution in [2.24, 2.45) is 5.92 Å². The summed E-state index contributed by atoms with van der Waals surface area (Å²) in [5, 5.41) is 5.86. The molecular weight excluding hydrogens is 228 g/mol. The van der Waals surface area contributed by atoms with Crippen LogP contribution in [0.25, 0.3) is 0 Å². The third kappa shape index (κ3) is 4.09. The van der Waals surface area contributed by atoms with E-state index in [0.29, 0.717) is 6.04 Å². The normalized spacial score (nSPS) is 20.6. The molecule has 1 N–H and O–H groups in total. The van der Waals surface area contributed by atoms with Gasteiger partial charge in [-0.25, -0.2) is 0 Å². The van der Waals surface area contributed by atoms with Gasteiger partial charge in [0, 0.05) is 17.5 Å². The molecule has 0 spiro atoms. The Morgan fingerprint density at radius 1 is 1.47 bits per heavy atom. The van der Waals surface area contributed by atoms with Crippen LogP contribution in [0.3, 0.4) is 0 Å². The van der Waals surface area contributed by atoms with Gasteiger partial charge in [-0.3, -0.25) is 0 Å². The Morgan fingerprint density at radius 2 is 2.24 bits per heavy atom. The van der Waals surface area contributed by atoms with E-state index in [1.165, 1.54) is 37.2 Å². The van der Waals surface area contributed by atoms with Gasteiger partial charge in [0.05, 0.1) is 0 Å². The highest BCUT2D eigenvalue weighted by Crippen LogP contribution is 2.19. The lowest BCUT2D eigenvalue weighted by atomic mass is 9.90. The second-order valence-corrected chi connectivity index (χ2v) is 6.25. The molecule has 0 aromatic carbocycles. The number of nitrogens with one attached hydrogen (secondary N) is 1. The lowest BCUT2D eigenvalue weighted by Gasteiger charge is -2.33. The van der Waals surface area contributed by atoms with Gasteiger partial charge in [0.2, 0.25) is 0 Å². The van der Waals surface area contributed by atoms with Crippen molar-refractivity contribution >= 4 is 11.3 Å². The van der Waals surface area contributed by atoms with Crippen LogP contribution in [-0.4, -0.2) is 37.6 Å². The molecule has 1 saturated heterocycles. The summed E-state index contributed by atoms with van der Waals surface area (Å²) in [6.45, 7) is 6.00. The highest BCUT2D eigenvalue weighted by molar-refractivity contribution is 7.09. The molecule has 2 rings (SSSR count).